The van der Waals surface area contributed by atoms with Gasteiger partial charge < -0.3 is 5.32 Å². The third kappa shape index (κ3) is 6.26. The number of nitrogens with one attached hydrogen (secondary N) is 1. The van der Waals surface area contributed by atoms with Crippen LogP contribution >= 0.6 is 0 Å². The molecule has 0 fully saturated rings. The zero-order valence-electron chi connectivity index (χ0n) is 11.9. The molecule has 0 aromatic rings. The minimum absolute atomic E-state index is 0.674. The lowest BCUT2D eigenvalue weighted by atomic mass is 9.92. The zero-order valence-corrected chi connectivity index (χ0v) is 11.9. The number of hydrogen-bond acceptors (Lipinski definition) is 1. The molecule has 0 spiro atoms. The van der Waals surface area contributed by atoms with Gasteiger partial charge in [0, 0.05) is 6.04 Å². The van der Waals surface area contributed by atoms with E-state index in [2.05, 4.69) is 25.2 Å². The highest BCUT2D eigenvalue weighted by Gasteiger charge is 2.13. The second-order valence-electron chi connectivity index (χ2n) is 5.38. The van der Waals surface area contributed by atoms with Crippen molar-refractivity contribution < 1.29 is 0 Å². The van der Waals surface area contributed by atoms with Crippen LogP contribution in [-0.4, -0.2) is 12.6 Å². The van der Waals surface area contributed by atoms with Gasteiger partial charge in [0.05, 0.1) is 0 Å². The van der Waals surface area contributed by atoms with Crippen molar-refractivity contribution in [2.45, 2.75) is 84.1 Å². The quantitative estimate of drug-likeness (QED) is 0.626. The van der Waals surface area contributed by atoms with E-state index in [0.29, 0.717) is 6.04 Å². The summed E-state index contributed by atoms with van der Waals surface area (Å²) in [4.78, 5) is 0. The van der Waals surface area contributed by atoms with Crippen LogP contribution in [0.15, 0.2) is 11.6 Å². The molecule has 0 aromatic heterocycles. The van der Waals surface area contributed by atoms with Crippen LogP contribution < -0.4 is 5.32 Å². The molecule has 17 heavy (non-hydrogen) atoms. The van der Waals surface area contributed by atoms with Crippen molar-refractivity contribution in [3.05, 3.63) is 11.6 Å². The highest BCUT2D eigenvalue weighted by molar-refractivity contribution is 5.11. The van der Waals surface area contributed by atoms with E-state index < -0.39 is 0 Å². The number of unbranched alkanes of at least 4 members (excludes halogenated alkanes) is 1. The standard InChI is InChI=1S/C16H31N/c1-3-5-13-16(17-14-4-2)15-11-9-7-6-8-10-12-15/h11,16-17H,3-10,12-14H2,1-2H3. The molecule has 0 aromatic carbocycles. The van der Waals surface area contributed by atoms with Crippen LogP contribution in [0.4, 0.5) is 0 Å². The summed E-state index contributed by atoms with van der Waals surface area (Å²) in [5, 5.41) is 3.75. The van der Waals surface area contributed by atoms with Crippen molar-refractivity contribution >= 4 is 0 Å². The first-order chi connectivity index (χ1) is 8.38. The molecule has 1 aliphatic carbocycles. The van der Waals surface area contributed by atoms with E-state index in [4.69, 9.17) is 0 Å². The predicted molar refractivity (Wildman–Crippen MR) is 77.4 cm³/mol. The molecule has 1 N–H and O–H groups in total. The number of rotatable bonds is 7. The van der Waals surface area contributed by atoms with Gasteiger partial charge in [0.15, 0.2) is 0 Å². The third-order valence-corrected chi connectivity index (χ3v) is 3.76. The molecule has 0 aliphatic heterocycles. The summed E-state index contributed by atoms with van der Waals surface area (Å²) in [5.41, 5.74) is 1.71. The fourth-order valence-corrected chi connectivity index (χ4v) is 2.68. The molecule has 1 aliphatic rings. The molecule has 1 atom stereocenters. The maximum atomic E-state index is 3.75. The van der Waals surface area contributed by atoms with E-state index in [1.165, 1.54) is 70.8 Å². The molecular weight excluding hydrogens is 206 g/mol. The minimum atomic E-state index is 0.674. The van der Waals surface area contributed by atoms with Gasteiger partial charge in [-0.2, -0.15) is 0 Å². The van der Waals surface area contributed by atoms with Gasteiger partial charge in [-0.25, -0.2) is 0 Å². The topological polar surface area (TPSA) is 12.0 Å². The minimum Gasteiger partial charge on any atom is -0.310 e. The van der Waals surface area contributed by atoms with Gasteiger partial charge in [-0.1, -0.05) is 51.2 Å². The normalized spacial score (nSPS) is 19.3. The van der Waals surface area contributed by atoms with Gasteiger partial charge in [0.1, 0.15) is 0 Å². The van der Waals surface area contributed by atoms with Gasteiger partial charge in [0.25, 0.3) is 0 Å². The van der Waals surface area contributed by atoms with Crippen molar-refractivity contribution in [1.29, 1.82) is 0 Å². The van der Waals surface area contributed by atoms with E-state index in [1.54, 1.807) is 5.57 Å². The maximum absolute atomic E-state index is 3.75. The van der Waals surface area contributed by atoms with Crippen LogP contribution in [0.5, 0.6) is 0 Å². The highest BCUT2D eigenvalue weighted by Crippen LogP contribution is 2.22. The van der Waals surface area contributed by atoms with Crippen molar-refractivity contribution in [3.63, 3.8) is 0 Å². The monoisotopic (exact) mass is 237 g/mol. The fourth-order valence-electron chi connectivity index (χ4n) is 2.68. The molecule has 0 heterocycles. The number of hydrogen-bond donors (Lipinski definition) is 1. The Kier molecular flexibility index (Phi) is 8.42. The second kappa shape index (κ2) is 9.70. The summed E-state index contributed by atoms with van der Waals surface area (Å²) in [6, 6.07) is 0.674. The van der Waals surface area contributed by atoms with Gasteiger partial charge >= 0.3 is 0 Å². The zero-order chi connectivity index (χ0) is 12.3. The molecule has 1 nitrogen and oxygen atoms in total. The van der Waals surface area contributed by atoms with E-state index in [1.807, 2.05) is 0 Å². The van der Waals surface area contributed by atoms with Crippen LogP contribution in [0.3, 0.4) is 0 Å². The number of allylic oxidation sites excluding steroid dienone is 1. The predicted octanol–water partition coefficient (Wildman–Crippen LogP) is 4.83. The van der Waals surface area contributed by atoms with Gasteiger partial charge in [-0.3, -0.25) is 0 Å². The highest BCUT2D eigenvalue weighted by atomic mass is 14.9. The lowest BCUT2D eigenvalue weighted by Crippen LogP contribution is -2.32. The molecule has 0 amide bonds. The Morgan fingerprint density at radius 1 is 1.12 bits per heavy atom. The maximum Gasteiger partial charge on any atom is 0.0279 e. The Balaban J connectivity index is 2.51. The lowest BCUT2D eigenvalue weighted by molar-refractivity contribution is 0.486. The van der Waals surface area contributed by atoms with Crippen molar-refractivity contribution in [2.24, 2.45) is 0 Å². The van der Waals surface area contributed by atoms with E-state index in [0.717, 1.165) is 0 Å². The summed E-state index contributed by atoms with van der Waals surface area (Å²) in [6.07, 6.45) is 16.1. The average molecular weight is 237 g/mol. The van der Waals surface area contributed by atoms with Crippen molar-refractivity contribution in [3.8, 4) is 0 Å². The molecule has 1 heteroatoms. The third-order valence-electron chi connectivity index (χ3n) is 3.76. The molecule has 0 bridgehead atoms. The Morgan fingerprint density at radius 3 is 2.71 bits per heavy atom. The van der Waals surface area contributed by atoms with Crippen molar-refractivity contribution in [2.75, 3.05) is 6.54 Å². The van der Waals surface area contributed by atoms with Crippen LogP contribution in [-0.2, 0) is 0 Å². The Hall–Kier alpha value is -0.300. The van der Waals surface area contributed by atoms with E-state index in [-0.39, 0.29) is 0 Å². The van der Waals surface area contributed by atoms with Crippen LogP contribution in [0, 0.1) is 0 Å². The lowest BCUT2D eigenvalue weighted by Gasteiger charge is -2.23. The Morgan fingerprint density at radius 2 is 1.94 bits per heavy atom. The fraction of sp³-hybridized carbons (Fsp3) is 0.875. The van der Waals surface area contributed by atoms with E-state index in [9.17, 15) is 0 Å². The van der Waals surface area contributed by atoms with Gasteiger partial charge in [-0.05, 0) is 45.1 Å². The molecule has 100 valence electrons. The first kappa shape index (κ1) is 14.8. The molecule has 0 radical (unpaired) electrons. The molecular formula is C16H31N. The summed E-state index contributed by atoms with van der Waals surface area (Å²) < 4.78 is 0. The molecule has 1 rings (SSSR count). The second-order valence-corrected chi connectivity index (χ2v) is 5.38. The smallest absolute Gasteiger partial charge is 0.0279 e. The Bertz CT molecular complexity index is 200. The summed E-state index contributed by atoms with van der Waals surface area (Å²) in [5.74, 6) is 0. The largest absolute Gasteiger partial charge is 0.310 e. The SMILES string of the molecule is CCCCC(NCCC)C1=CCCCCCC1. The van der Waals surface area contributed by atoms with E-state index >= 15 is 0 Å². The first-order valence-electron chi connectivity index (χ1n) is 7.80. The Labute approximate surface area is 108 Å². The summed E-state index contributed by atoms with van der Waals surface area (Å²) >= 11 is 0. The van der Waals surface area contributed by atoms with Crippen LogP contribution in [0.2, 0.25) is 0 Å². The average Bonchev–Trinajstić information content (AvgIpc) is 2.30. The molecule has 1 unspecified atom stereocenters. The molecule has 0 saturated carbocycles. The van der Waals surface area contributed by atoms with Crippen LogP contribution in [0.1, 0.15) is 78.1 Å². The first-order valence-corrected chi connectivity index (χ1v) is 7.80. The van der Waals surface area contributed by atoms with Crippen LogP contribution in [0.25, 0.3) is 0 Å². The van der Waals surface area contributed by atoms with Crippen molar-refractivity contribution in [1.82, 2.24) is 5.32 Å². The van der Waals surface area contributed by atoms with Gasteiger partial charge in [0.2, 0.25) is 0 Å². The van der Waals surface area contributed by atoms with Gasteiger partial charge in [-0.15, -0.1) is 0 Å². The summed E-state index contributed by atoms with van der Waals surface area (Å²) in [6.45, 7) is 5.73. The molecule has 0 saturated heterocycles. The summed E-state index contributed by atoms with van der Waals surface area (Å²) in [7, 11) is 0.